The van der Waals surface area contributed by atoms with E-state index in [0.717, 1.165) is 5.75 Å². The normalized spacial score (nSPS) is 11.7. The SMILES string of the molecule is CCCCCCCCCCCCCCCCCC[N+](C)(CCCS)CCCCCCCCCCCCCCCCCC.[Cl-]. The fourth-order valence-corrected chi connectivity index (χ4v) is 7.01. The molecule has 0 saturated heterocycles. The molecule has 0 rings (SSSR count). The maximum Gasteiger partial charge on any atom is 0.0792 e. The van der Waals surface area contributed by atoms with Gasteiger partial charge in [-0.2, -0.15) is 12.6 Å². The van der Waals surface area contributed by atoms with Crippen LogP contribution in [-0.4, -0.2) is 36.9 Å². The minimum Gasteiger partial charge on any atom is -1.00 e. The third-order valence-corrected chi connectivity index (χ3v) is 10.3. The lowest BCUT2D eigenvalue weighted by Crippen LogP contribution is -3.00. The Hall–Kier alpha value is 0.600. The molecule has 3 heteroatoms. The van der Waals surface area contributed by atoms with Gasteiger partial charge in [0, 0.05) is 6.42 Å². The standard InChI is InChI=1S/C40H83NS.ClH/c1-4-6-8-10-12-14-16-18-20-22-24-26-28-30-32-34-37-41(3,39-36-40-42)38-35-33-31-29-27-25-23-21-19-17-15-13-11-9-7-5-2;/h4-40H2,1-3H3;1H. The molecule has 0 saturated carbocycles. The summed E-state index contributed by atoms with van der Waals surface area (Å²) in [6, 6.07) is 0. The van der Waals surface area contributed by atoms with Gasteiger partial charge in [-0.1, -0.05) is 194 Å². The fraction of sp³-hybridized carbons (Fsp3) is 1.00. The van der Waals surface area contributed by atoms with E-state index in [0.29, 0.717) is 0 Å². The van der Waals surface area contributed by atoms with Crippen molar-refractivity contribution in [3.05, 3.63) is 0 Å². The van der Waals surface area contributed by atoms with Crippen molar-refractivity contribution in [3.63, 3.8) is 0 Å². The van der Waals surface area contributed by atoms with Crippen molar-refractivity contribution in [3.8, 4) is 0 Å². The van der Waals surface area contributed by atoms with Crippen LogP contribution in [0, 0.1) is 0 Å². The van der Waals surface area contributed by atoms with Crippen molar-refractivity contribution in [2.45, 2.75) is 226 Å². The van der Waals surface area contributed by atoms with Gasteiger partial charge in [0.05, 0.1) is 26.7 Å². The minimum atomic E-state index is 0. The molecule has 0 aliphatic heterocycles. The zero-order valence-corrected chi connectivity index (χ0v) is 32.1. The number of hydrogen-bond donors (Lipinski definition) is 1. The first-order valence-corrected chi connectivity index (χ1v) is 20.8. The Balaban J connectivity index is 0. The van der Waals surface area contributed by atoms with Crippen molar-refractivity contribution in [1.82, 2.24) is 0 Å². The molecule has 43 heavy (non-hydrogen) atoms. The van der Waals surface area contributed by atoms with Gasteiger partial charge in [-0.25, -0.2) is 0 Å². The fourth-order valence-electron chi connectivity index (χ4n) is 6.87. The summed E-state index contributed by atoms with van der Waals surface area (Å²) in [7, 11) is 2.54. The molecule has 0 aliphatic rings. The van der Waals surface area contributed by atoms with Crippen LogP contribution in [0.2, 0.25) is 0 Å². The third-order valence-electron chi connectivity index (χ3n) is 9.96. The summed E-state index contributed by atoms with van der Waals surface area (Å²) in [5.74, 6) is 1.05. The molecular weight excluding hydrogens is 562 g/mol. The highest BCUT2D eigenvalue weighted by molar-refractivity contribution is 7.80. The number of halogens is 1. The first-order valence-electron chi connectivity index (χ1n) is 20.1. The van der Waals surface area contributed by atoms with Gasteiger partial charge in [0.2, 0.25) is 0 Å². The predicted molar refractivity (Wildman–Crippen MR) is 198 cm³/mol. The molecule has 0 aromatic rings. The van der Waals surface area contributed by atoms with E-state index >= 15 is 0 Å². The summed E-state index contributed by atoms with van der Waals surface area (Å²) in [4.78, 5) is 0. The summed E-state index contributed by atoms with van der Waals surface area (Å²) in [6.45, 7) is 8.74. The lowest BCUT2D eigenvalue weighted by molar-refractivity contribution is -0.910. The van der Waals surface area contributed by atoms with Crippen LogP contribution in [0.4, 0.5) is 0 Å². The van der Waals surface area contributed by atoms with E-state index in [-0.39, 0.29) is 12.4 Å². The smallest absolute Gasteiger partial charge is 0.0792 e. The van der Waals surface area contributed by atoms with Gasteiger partial charge < -0.3 is 16.9 Å². The van der Waals surface area contributed by atoms with Crippen LogP contribution in [0.3, 0.4) is 0 Å². The molecular formula is C40H84ClNS. The van der Waals surface area contributed by atoms with Gasteiger partial charge >= 0.3 is 0 Å². The van der Waals surface area contributed by atoms with Crippen molar-refractivity contribution >= 4 is 12.6 Å². The van der Waals surface area contributed by atoms with E-state index < -0.39 is 0 Å². The van der Waals surface area contributed by atoms with E-state index in [1.807, 2.05) is 0 Å². The van der Waals surface area contributed by atoms with Crippen molar-refractivity contribution in [2.24, 2.45) is 0 Å². The monoisotopic (exact) mass is 646 g/mol. The van der Waals surface area contributed by atoms with E-state index in [4.69, 9.17) is 0 Å². The van der Waals surface area contributed by atoms with Crippen LogP contribution in [0.15, 0.2) is 0 Å². The van der Waals surface area contributed by atoms with Gasteiger partial charge in [-0.15, -0.1) is 0 Å². The Labute approximate surface area is 286 Å². The number of unbranched alkanes of at least 4 members (excludes halogenated alkanes) is 30. The van der Waals surface area contributed by atoms with Crippen molar-refractivity contribution < 1.29 is 16.9 Å². The van der Waals surface area contributed by atoms with Crippen LogP contribution in [0.5, 0.6) is 0 Å². The Morgan fingerprint density at radius 3 is 0.698 bits per heavy atom. The summed E-state index contributed by atoms with van der Waals surface area (Å²) in [5.41, 5.74) is 0. The number of nitrogens with zero attached hydrogens (tertiary/aromatic N) is 1. The van der Waals surface area contributed by atoms with E-state index in [1.54, 1.807) is 0 Å². The van der Waals surface area contributed by atoms with Gasteiger partial charge in [0.25, 0.3) is 0 Å². The molecule has 0 atom stereocenters. The molecule has 0 radical (unpaired) electrons. The average Bonchev–Trinajstić information content (AvgIpc) is 2.99. The second kappa shape index (κ2) is 38.8. The highest BCUT2D eigenvalue weighted by atomic mass is 35.5. The molecule has 0 amide bonds. The van der Waals surface area contributed by atoms with Crippen LogP contribution < -0.4 is 12.4 Å². The van der Waals surface area contributed by atoms with Gasteiger partial charge in [0.15, 0.2) is 0 Å². The number of rotatable bonds is 37. The van der Waals surface area contributed by atoms with E-state index in [9.17, 15) is 0 Å². The number of quaternary nitrogens is 1. The van der Waals surface area contributed by atoms with Crippen LogP contribution in [-0.2, 0) is 0 Å². The molecule has 0 aromatic heterocycles. The van der Waals surface area contributed by atoms with E-state index in [2.05, 4.69) is 33.5 Å². The van der Waals surface area contributed by atoms with Crippen molar-refractivity contribution in [2.75, 3.05) is 32.4 Å². The van der Waals surface area contributed by atoms with Crippen LogP contribution in [0.25, 0.3) is 0 Å². The molecule has 1 nitrogen and oxygen atoms in total. The summed E-state index contributed by atoms with van der Waals surface area (Å²) in [5, 5.41) is 0. The lowest BCUT2D eigenvalue weighted by Gasteiger charge is -2.35. The molecule has 0 aliphatic carbocycles. The van der Waals surface area contributed by atoms with Crippen molar-refractivity contribution in [1.29, 1.82) is 0 Å². The Morgan fingerprint density at radius 2 is 0.488 bits per heavy atom. The Kier molecular flexibility index (Phi) is 41.2. The second-order valence-corrected chi connectivity index (χ2v) is 14.9. The summed E-state index contributed by atoms with van der Waals surface area (Å²) >= 11 is 4.53. The quantitative estimate of drug-likeness (QED) is 0.0388. The molecule has 0 aromatic carbocycles. The highest BCUT2D eigenvalue weighted by Crippen LogP contribution is 2.17. The minimum absolute atomic E-state index is 0. The topological polar surface area (TPSA) is 0 Å². The molecule has 0 heterocycles. The molecule has 0 fully saturated rings. The molecule has 0 unspecified atom stereocenters. The average molecular weight is 647 g/mol. The molecule has 0 spiro atoms. The molecule has 0 bridgehead atoms. The van der Waals surface area contributed by atoms with Gasteiger partial charge in [0.1, 0.15) is 0 Å². The maximum atomic E-state index is 4.53. The molecule has 0 N–H and O–H groups in total. The van der Waals surface area contributed by atoms with Gasteiger partial charge in [-0.3, -0.25) is 0 Å². The first kappa shape index (κ1) is 45.7. The molecule has 262 valence electrons. The Bertz CT molecular complexity index is 449. The number of thiol groups is 1. The van der Waals surface area contributed by atoms with Crippen LogP contribution >= 0.6 is 12.6 Å². The zero-order chi connectivity index (χ0) is 30.7. The van der Waals surface area contributed by atoms with Crippen LogP contribution in [0.1, 0.15) is 226 Å². The predicted octanol–water partition coefficient (Wildman–Crippen LogP) is 11.3. The first-order chi connectivity index (χ1) is 20.7. The lowest BCUT2D eigenvalue weighted by atomic mass is 10.0. The second-order valence-electron chi connectivity index (χ2n) is 14.5. The number of hydrogen-bond acceptors (Lipinski definition) is 1. The van der Waals surface area contributed by atoms with Gasteiger partial charge in [-0.05, 0) is 31.4 Å². The maximum absolute atomic E-state index is 4.53. The largest absolute Gasteiger partial charge is 1.00 e. The Morgan fingerprint density at radius 1 is 0.302 bits per heavy atom. The summed E-state index contributed by atoms with van der Waals surface area (Å²) < 4.78 is 1.30. The zero-order valence-electron chi connectivity index (χ0n) is 30.4. The third kappa shape index (κ3) is 36.9. The summed E-state index contributed by atoms with van der Waals surface area (Å²) in [6.07, 6.45) is 48.1. The highest BCUT2D eigenvalue weighted by Gasteiger charge is 2.19. The van der Waals surface area contributed by atoms with E-state index in [1.165, 1.54) is 236 Å².